The van der Waals surface area contributed by atoms with Crippen molar-refractivity contribution in [2.24, 2.45) is 5.92 Å². The predicted octanol–water partition coefficient (Wildman–Crippen LogP) is 2.94. The van der Waals surface area contributed by atoms with E-state index in [1.54, 1.807) is 19.1 Å². The van der Waals surface area contributed by atoms with Gasteiger partial charge in [-0.1, -0.05) is 25.3 Å². The molecule has 1 N–H and O–H groups in total. The van der Waals surface area contributed by atoms with Gasteiger partial charge in [0.25, 0.3) is 0 Å². The summed E-state index contributed by atoms with van der Waals surface area (Å²) >= 11 is 0. The number of rotatable bonds is 3. The van der Waals surface area contributed by atoms with Crippen molar-refractivity contribution in [1.29, 1.82) is 0 Å². The smallest absolute Gasteiger partial charge is 0.227 e. The molecule has 1 saturated heterocycles. The molecule has 4 nitrogen and oxygen atoms in total. The molecule has 2 fully saturated rings. The molecule has 0 bridgehead atoms. The summed E-state index contributed by atoms with van der Waals surface area (Å²) in [6, 6.07) is 5.04. The number of hydrogen-bond donors (Lipinski definition) is 1. The maximum atomic E-state index is 14.1. The fourth-order valence-electron chi connectivity index (χ4n) is 3.51. The Labute approximate surface area is 136 Å². The first-order valence-corrected chi connectivity index (χ1v) is 8.41. The number of nitrogens with zero attached hydrogens (tertiary/aromatic N) is 1. The zero-order valence-electron chi connectivity index (χ0n) is 13.5. The lowest BCUT2D eigenvalue weighted by molar-refractivity contribution is -0.127. The number of carbonyl (C=O) groups excluding carboxylic acids is 2. The van der Waals surface area contributed by atoms with Gasteiger partial charge in [-0.05, 0) is 37.5 Å². The van der Waals surface area contributed by atoms with E-state index in [0.29, 0.717) is 0 Å². The van der Waals surface area contributed by atoms with Crippen molar-refractivity contribution in [3.63, 3.8) is 0 Å². The van der Waals surface area contributed by atoms with Gasteiger partial charge in [-0.25, -0.2) is 4.39 Å². The molecule has 0 radical (unpaired) electrons. The third kappa shape index (κ3) is 3.54. The Kier molecular flexibility index (Phi) is 4.64. The highest BCUT2D eigenvalue weighted by molar-refractivity contribution is 6.00. The van der Waals surface area contributed by atoms with Gasteiger partial charge in [0.1, 0.15) is 5.82 Å². The zero-order valence-corrected chi connectivity index (χ0v) is 13.5. The average molecular weight is 318 g/mol. The number of hydrogen-bond acceptors (Lipinski definition) is 2. The molecule has 1 aromatic rings. The number of halogens is 1. The Hall–Kier alpha value is -1.91. The Morgan fingerprint density at radius 2 is 2.00 bits per heavy atom. The standard InChI is InChI=1S/C18H23FN2O2/c1-12-7-8-16(15(19)9-12)21-11-13(10-17(21)22)18(23)20-14-5-3-2-4-6-14/h7-9,13-14H,2-6,10-11H2,1H3,(H,20,23). The second-order valence-electron chi connectivity index (χ2n) is 6.70. The third-order valence-electron chi connectivity index (χ3n) is 4.84. The summed E-state index contributed by atoms with van der Waals surface area (Å²) < 4.78 is 14.1. The van der Waals surface area contributed by atoms with E-state index in [1.165, 1.54) is 17.4 Å². The number of nitrogens with one attached hydrogen (secondary N) is 1. The number of carbonyl (C=O) groups is 2. The molecule has 2 aliphatic rings. The zero-order chi connectivity index (χ0) is 16.4. The summed E-state index contributed by atoms with van der Waals surface area (Å²) in [7, 11) is 0. The highest BCUT2D eigenvalue weighted by Gasteiger charge is 2.36. The van der Waals surface area contributed by atoms with Crippen LogP contribution in [0.5, 0.6) is 0 Å². The first-order valence-electron chi connectivity index (χ1n) is 8.41. The van der Waals surface area contributed by atoms with Gasteiger partial charge < -0.3 is 10.2 Å². The normalized spacial score (nSPS) is 22.4. The molecule has 1 aliphatic heterocycles. The van der Waals surface area contributed by atoms with Crippen molar-refractivity contribution in [3.8, 4) is 0 Å². The van der Waals surface area contributed by atoms with Crippen molar-refractivity contribution in [2.45, 2.75) is 51.5 Å². The lowest BCUT2D eigenvalue weighted by Crippen LogP contribution is -2.40. The Bertz CT molecular complexity index is 611. The van der Waals surface area contributed by atoms with Crippen LogP contribution in [0.25, 0.3) is 0 Å². The summed E-state index contributed by atoms with van der Waals surface area (Å²) in [6.45, 7) is 2.07. The van der Waals surface area contributed by atoms with Crippen molar-refractivity contribution in [3.05, 3.63) is 29.6 Å². The molecule has 2 amide bonds. The van der Waals surface area contributed by atoms with E-state index in [9.17, 15) is 14.0 Å². The van der Waals surface area contributed by atoms with Crippen LogP contribution in [0, 0.1) is 18.7 Å². The predicted molar refractivity (Wildman–Crippen MR) is 86.6 cm³/mol. The Morgan fingerprint density at radius 3 is 2.70 bits per heavy atom. The van der Waals surface area contributed by atoms with Crippen molar-refractivity contribution >= 4 is 17.5 Å². The molecular weight excluding hydrogens is 295 g/mol. The topological polar surface area (TPSA) is 49.4 Å². The van der Waals surface area contributed by atoms with Gasteiger partial charge in [0, 0.05) is 19.0 Å². The summed E-state index contributed by atoms with van der Waals surface area (Å²) in [5, 5.41) is 3.07. The summed E-state index contributed by atoms with van der Waals surface area (Å²) in [4.78, 5) is 26.0. The van der Waals surface area contributed by atoms with Crippen LogP contribution >= 0.6 is 0 Å². The fourth-order valence-corrected chi connectivity index (χ4v) is 3.51. The monoisotopic (exact) mass is 318 g/mol. The molecule has 5 heteroatoms. The minimum atomic E-state index is -0.410. The lowest BCUT2D eigenvalue weighted by Gasteiger charge is -2.24. The van der Waals surface area contributed by atoms with Gasteiger partial charge in [-0.2, -0.15) is 0 Å². The van der Waals surface area contributed by atoms with E-state index in [4.69, 9.17) is 0 Å². The molecule has 1 heterocycles. The molecular formula is C18H23FN2O2. The quantitative estimate of drug-likeness (QED) is 0.931. The number of anilines is 1. The van der Waals surface area contributed by atoms with E-state index < -0.39 is 5.82 Å². The third-order valence-corrected chi connectivity index (χ3v) is 4.84. The van der Waals surface area contributed by atoms with Crippen LogP contribution in [0.4, 0.5) is 10.1 Å². The van der Waals surface area contributed by atoms with Gasteiger partial charge in [-0.15, -0.1) is 0 Å². The van der Waals surface area contributed by atoms with Gasteiger partial charge in [0.05, 0.1) is 11.6 Å². The first-order chi connectivity index (χ1) is 11.0. The highest BCUT2D eigenvalue weighted by Crippen LogP contribution is 2.28. The van der Waals surface area contributed by atoms with Crippen LogP contribution in [-0.4, -0.2) is 24.4 Å². The van der Waals surface area contributed by atoms with Crippen LogP contribution in [0.1, 0.15) is 44.1 Å². The van der Waals surface area contributed by atoms with Crippen molar-refractivity contribution in [1.82, 2.24) is 5.32 Å². The largest absolute Gasteiger partial charge is 0.353 e. The minimum absolute atomic E-state index is 0.0692. The van der Waals surface area contributed by atoms with E-state index >= 15 is 0 Å². The van der Waals surface area contributed by atoms with Gasteiger partial charge >= 0.3 is 0 Å². The van der Waals surface area contributed by atoms with Gasteiger partial charge in [0.15, 0.2) is 0 Å². The molecule has 1 aromatic carbocycles. The van der Waals surface area contributed by atoms with Crippen molar-refractivity contribution < 1.29 is 14.0 Å². The molecule has 0 spiro atoms. The van der Waals surface area contributed by atoms with Crippen LogP contribution < -0.4 is 10.2 Å². The maximum Gasteiger partial charge on any atom is 0.227 e. The highest BCUT2D eigenvalue weighted by atomic mass is 19.1. The summed E-state index contributed by atoms with van der Waals surface area (Å²) in [5.41, 5.74) is 1.08. The number of amides is 2. The summed E-state index contributed by atoms with van der Waals surface area (Å²) in [6.07, 6.45) is 5.72. The fraction of sp³-hybridized carbons (Fsp3) is 0.556. The molecule has 1 saturated carbocycles. The average Bonchev–Trinajstić information content (AvgIpc) is 2.90. The molecule has 1 aliphatic carbocycles. The molecule has 1 unspecified atom stereocenters. The first kappa shape index (κ1) is 16.0. The van der Waals surface area contributed by atoms with Crippen LogP contribution in [0.2, 0.25) is 0 Å². The molecule has 23 heavy (non-hydrogen) atoms. The van der Waals surface area contributed by atoms with E-state index in [2.05, 4.69) is 5.32 Å². The molecule has 124 valence electrons. The minimum Gasteiger partial charge on any atom is -0.353 e. The molecule has 0 aromatic heterocycles. The number of aryl methyl sites for hydroxylation is 1. The van der Waals surface area contributed by atoms with Crippen molar-refractivity contribution in [2.75, 3.05) is 11.4 Å². The van der Waals surface area contributed by atoms with E-state index in [-0.39, 0.29) is 42.4 Å². The molecule has 3 rings (SSSR count). The second kappa shape index (κ2) is 6.69. The SMILES string of the molecule is Cc1ccc(N2CC(C(=O)NC3CCCCC3)CC2=O)c(F)c1. The lowest BCUT2D eigenvalue weighted by atomic mass is 9.95. The van der Waals surface area contributed by atoms with Crippen LogP contribution in [0.3, 0.4) is 0 Å². The Balaban J connectivity index is 1.65. The molecule has 1 atom stereocenters. The number of benzene rings is 1. The summed E-state index contributed by atoms with van der Waals surface area (Å²) in [5.74, 6) is -1.05. The van der Waals surface area contributed by atoms with E-state index in [1.807, 2.05) is 0 Å². The van der Waals surface area contributed by atoms with Gasteiger partial charge in [0.2, 0.25) is 11.8 Å². The van der Waals surface area contributed by atoms with Crippen LogP contribution in [-0.2, 0) is 9.59 Å². The van der Waals surface area contributed by atoms with Gasteiger partial charge in [-0.3, -0.25) is 9.59 Å². The van der Waals surface area contributed by atoms with Crippen LogP contribution in [0.15, 0.2) is 18.2 Å². The second-order valence-corrected chi connectivity index (χ2v) is 6.70. The van der Waals surface area contributed by atoms with E-state index in [0.717, 1.165) is 31.2 Å². The Morgan fingerprint density at radius 1 is 1.26 bits per heavy atom. The maximum absolute atomic E-state index is 14.1.